The summed E-state index contributed by atoms with van der Waals surface area (Å²) in [5, 5.41) is -0.252. The number of aromatic nitrogens is 1. The van der Waals surface area contributed by atoms with Crippen LogP contribution in [0.15, 0.2) is 6.07 Å². The lowest BCUT2D eigenvalue weighted by atomic mass is 10.0. The number of fused-ring (bicyclic) bond motifs is 1. The zero-order valence-corrected chi connectivity index (χ0v) is 9.94. The average Bonchev–Trinajstić information content (AvgIpc) is 2.34. The third-order valence-electron chi connectivity index (χ3n) is 2.91. The van der Waals surface area contributed by atoms with E-state index in [4.69, 9.17) is 5.84 Å². The molecule has 0 saturated carbocycles. The molecule has 96 valence electrons. The first-order valence-electron chi connectivity index (χ1n) is 5.44. The Morgan fingerprint density at radius 1 is 1.28 bits per heavy atom. The van der Waals surface area contributed by atoms with Crippen LogP contribution in [-0.4, -0.2) is 4.98 Å². The van der Waals surface area contributed by atoms with E-state index in [0.29, 0.717) is 23.7 Å². The van der Waals surface area contributed by atoms with Crippen molar-refractivity contribution >= 4 is 16.6 Å². The van der Waals surface area contributed by atoms with E-state index in [1.54, 1.807) is 6.92 Å². The first kappa shape index (κ1) is 12.6. The summed E-state index contributed by atoms with van der Waals surface area (Å²) >= 11 is 0. The number of rotatable bonds is 2. The van der Waals surface area contributed by atoms with E-state index in [1.807, 2.05) is 6.92 Å². The van der Waals surface area contributed by atoms with E-state index in [1.165, 1.54) is 0 Å². The number of nitrogens with two attached hydrogens (primary N) is 1. The van der Waals surface area contributed by atoms with Crippen molar-refractivity contribution in [3.05, 3.63) is 34.8 Å². The zero-order chi connectivity index (χ0) is 13.4. The Bertz CT molecular complexity index is 626. The minimum Gasteiger partial charge on any atom is -0.323 e. The van der Waals surface area contributed by atoms with Crippen LogP contribution in [0, 0.1) is 24.4 Å². The maximum atomic E-state index is 13.8. The lowest BCUT2D eigenvalue weighted by Gasteiger charge is -2.14. The molecule has 1 aromatic carbocycles. The fourth-order valence-corrected chi connectivity index (χ4v) is 2.08. The van der Waals surface area contributed by atoms with Gasteiger partial charge >= 0.3 is 0 Å². The molecule has 1 heterocycles. The Labute approximate surface area is 102 Å². The highest BCUT2D eigenvalue weighted by Crippen LogP contribution is 2.32. The molecule has 0 aliphatic rings. The molecule has 0 spiro atoms. The Kier molecular flexibility index (Phi) is 3.13. The fourth-order valence-electron chi connectivity index (χ4n) is 2.08. The third kappa shape index (κ3) is 1.69. The lowest BCUT2D eigenvalue weighted by molar-refractivity contribution is 0.505. The molecule has 0 bridgehead atoms. The summed E-state index contributed by atoms with van der Waals surface area (Å²) in [7, 11) is 0. The van der Waals surface area contributed by atoms with Crippen LogP contribution in [0.25, 0.3) is 10.9 Å². The predicted molar refractivity (Wildman–Crippen MR) is 63.5 cm³/mol. The molecule has 0 unspecified atom stereocenters. The molecule has 6 heteroatoms. The number of benzene rings is 1. The summed E-state index contributed by atoms with van der Waals surface area (Å²) in [5.41, 5.74) is 3.43. The fraction of sp³-hybridized carbons (Fsp3) is 0.250. The van der Waals surface area contributed by atoms with Crippen molar-refractivity contribution in [3.63, 3.8) is 0 Å². The molecular weight excluding hydrogens is 243 g/mol. The molecule has 3 nitrogen and oxygen atoms in total. The van der Waals surface area contributed by atoms with Crippen molar-refractivity contribution < 1.29 is 13.2 Å². The Morgan fingerprint density at radius 3 is 2.50 bits per heavy atom. The summed E-state index contributed by atoms with van der Waals surface area (Å²) in [6.07, 6.45) is 0.520. The SMILES string of the molecule is CCc1c(C)nc2c(F)cc(F)c(F)c2c1NN. The largest absolute Gasteiger partial charge is 0.323 e. The number of hydrazine groups is 1. The molecule has 0 atom stereocenters. The van der Waals surface area contributed by atoms with Crippen molar-refractivity contribution in [2.45, 2.75) is 20.3 Å². The monoisotopic (exact) mass is 255 g/mol. The molecule has 0 fully saturated rings. The van der Waals surface area contributed by atoms with Crippen LogP contribution < -0.4 is 11.3 Å². The second-order valence-corrected chi connectivity index (χ2v) is 3.93. The van der Waals surface area contributed by atoms with Crippen molar-refractivity contribution in [3.8, 4) is 0 Å². The Hall–Kier alpha value is -1.82. The van der Waals surface area contributed by atoms with Crippen LogP contribution in [-0.2, 0) is 6.42 Å². The molecule has 2 rings (SSSR count). The van der Waals surface area contributed by atoms with E-state index in [-0.39, 0.29) is 16.6 Å². The molecule has 0 radical (unpaired) electrons. The van der Waals surface area contributed by atoms with Gasteiger partial charge in [0.2, 0.25) is 0 Å². The van der Waals surface area contributed by atoms with Gasteiger partial charge in [0.05, 0.1) is 11.1 Å². The number of aryl methyl sites for hydroxylation is 1. The summed E-state index contributed by atoms with van der Waals surface area (Å²) in [6, 6.07) is 0.482. The van der Waals surface area contributed by atoms with Gasteiger partial charge in [0, 0.05) is 11.8 Å². The highest BCUT2D eigenvalue weighted by atomic mass is 19.2. The van der Waals surface area contributed by atoms with Gasteiger partial charge in [-0.2, -0.15) is 0 Å². The number of nitrogen functional groups attached to an aromatic ring is 1. The van der Waals surface area contributed by atoms with Gasteiger partial charge in [-0.15, -0.1) is 0 Å². The number of hydrogen-bond donors (Lipinski definition) is 2. The normalized spacial score (nSPS) is 11.0. The Morgan fingerprint density at radius 2 is 1.94 bits per heavy atom. The van der Waals surface area contributed by atoms with E-state index in [0.717, 1.165) is 0 Å². The second kappa shape index (κ2) is 4.45. The molecule has 0 saturated heterocycles. The van der Waals surface area contributed by atoms with Crippen LogP contribution >= 0.6 is 0 Å². The minimum absolute atomic E-state index is 0.177. The third-order valence-corrected chi connectivity index (χ3v) is 2.91. The van der Waals surface area contributed by atoms with Crippen LogP contribution in [0.5, 0.6) is 0 Å². The number of nitrogens with zero attached hydrogens (tertiary/aromatic N) is 1. The zero-order valence-electron chi connectivity index (χ0n) is 9.94. The summed E-state index contributed by atoms with van der Waals surface area (Å²) in [5.74, 6) is 2.02. The van der Waals surface area contributed by atoms with Gasteiger partial charge in [-0.05, 0) is 18.9 Å². The van der Waals surface area contributed by atoms with Gasteiger partial charge in [-0.1, -0.05) is 6.92 Å². The molecule has 0 aliphatic heterocycles. The maximum absolute atomic E-state index is 13.8. The lowest BCUT2D eigenvalue weighted by Crippen LogP contribution is -2.13. The van der Waals surface area contributed by atoms with Gasteiger partial charge in [0.25, 0.3) is 0 Å². The van der Waals surface area contributed by atoms with Crippen LogP contribution in [0.2, 0.25) is 0 Å². The molecule has 0 amide bonds. The second-order valence-electron chi connectivity index (χ2n) is 3.93. The first-order valence-corrected chi connectivity index (χ1v) is 5.44. The van der Waals surface area contributed by atoms with Crippen molar-refractivity contribution in [1.29, 1.82) is 0 Å². The van der Waals surface area contributed by atoms with Crippen LogP contribution in [0.1, 0.15) is 18.2 Å². The van der Waals surface area contributed by atoms with Gasteiger partial charge in [0.15, 0.2) is 17.5 Å². The maximum Gasteiger partial charge on any atom is 0.170 e. The smallest absolute Gasteiger partial charge is 0.170 e. The van der Waals surface area contributed by atoms with Gasteiger partial charge in [-0.25, -0.2) is 18.2 Å². The quantitative estimate of drug-likeness (QED) is 0.493. The molecule has 1 aromatic heterocycles. The summed E-state index contributed by atoms with van der Waals surface area (Å²) in [4.78, 5) is 3.98. The topological polar surface area (TPSA) is 50.9 Å². The molecule has 18 heavy (non-hydrogen) atoms. The van der Waals surface area contributed by atoms with E-state index in [9.17, 15) is 13.2 Å². The summed E-state index contributed by atoms with van der Waals surface area (Å²) in [6.45, 7) is 3.49. The standard InChI is InChI=1S/C12H12F3N3/c1-3-6-5(2)17-12-8(14)4-7(13)10(15)9(12)11(6)18-16/h4H,3,16H2,1-2H3,(H,17,18). The van der Waals surface area contributed by atoms with Crippen molar-refractivity contribution in [1.82, 2.24) is 4.98 Å². The van der Waals surface area contributed by atoms with E-state index < -0.39 is 17.5 Å². The average molecular weight is 255 g/mol. The Balaban J connectivity index is 3.03. The number of halogens is 3. The highest BCUT2D eigenvalue weighted by molar-refractivity contribution is 5.94. The predicted octanol–water partition coefficient (Wildman–Crippen LogP) is 2.81. The molecule has 2 aromatic rings. The van der Waals surface area contributed by atoms with Crippen LogP contribution in [0.3, 0.4) is 0 Å². The van der Waals surface area contributed by atoms with Crippen molar-refractivity contribution in [2.24, 2.45) is 5.84 Å². The molecular formula is C12H12F3N3. The number of hydrogen-bond acceptors (Lipinski definition) is 3. The van der Waals surface area contributed by atoms with Gasteiger partial charge < -0.3 is 5.43 Å². The van der Waals surface area contributed by atoms with Gasteiger partial charge in [0.1, 0.15) is 5.52 Å². The summed E-state index contributed by atoms with van der Waals surface area (Å²) < 4.78 is 40.7. The highest BCUT2D eigenvalue weighted by Gasteiger charge is 2.20. The number of nitrogens with one attached hydrogen (secondary N) is 1. The van der Waals surface area contributed by atoms with E-state index in [2.05, 4.69) is 10.4 Å². The minimum atomic E-state index is -1.26. The first-order chi connectivity index (χ1) is 8.51. The molecule has 3 N–H and O–H groups in total. The molecule has 0 aliphatic carbocycles. The number of pyridine rings is 1. The van der Waals surface area contributed by atoms with E-state index >= 15 is 0 Å². The van der Waals surface area contributed by atoms with Crippen LogP contribution in [0.4, 0.5) is 18.9 Å². The van der Waals surface area contributed by atoms with Crippen molar-refractivity contribution in [2.75, 3.05) is 5.43 Å². The van der Waals surface area contributed by atoms with Gasteiger partial charge in [-0.3, -0.25) is 5.84 Å². The number of anilines is 1.